The second kappa shape index (κ2) is 6.17. The van der Waals surface area contributed by atoms with Crippen LogP contribution in [0.25, 0.3) is 0 Å². The molecule has 4 N–H and O–H groups in total. The zero-order valence-corrected chi connectivity index (χ0v) is 10.9. The van der Waals surface area contributed by atoms with E-state index in [9.17, 15) is 13.2 Å². The Morgan fingerprint density at radius 1 is 1.38 bits per heavy atom. The number of rotatable bonds is 7. The molecule has 0 spiro atoms. The lowest BCUT2D eigenvalue weighted by Crippen LogP contribution is -2.45. The van der Waals surface area contributed by atoms with Crippen LogP contribution in [0.15, 0.2) is 0 Å². The first kappa shape index (κ1) is 15.3. The average molecular weight is 251 g/mol. The number of carbonyl (C=O) groups excluding carboxylic acids is 1. The van der Waals surface area contributed by atoms with Gasteiger partial charge in [0.15, 0.2) is 0 Å². The van der Waals surface area contributed by atoms with Gasteiger partial charge in [-0.25, -0.2) is 13.1 Å². The first-order valence-electron chi connectivity index (χ1n) is 5.18. The van der Waals surface area contributed by atoms with Gasteiger partial charge in [0.05, 0.1) is 11.7 Å². The fraction of sp³-hybridized carbons (Fsp3) is 0.889. The summed E-state index contributed by atoms with van der Waals surface area (Å²) >= 11 is 0. The molecule has 96 valence electrons. The Hall–Kier alpha value is -0.660. The average Bonchev–Trinajstić information content (AvgIpc) is 2.21. The van der Waals surface area contributed by atoms with Crippen molar-refractivity contribution in [2.45, 2.75) is 20.3 Å². The van der Waals surface area contributed by atoms with E-state index in [1.165, 1.54) is 0 Å². The van der Waals surface area contributed by atoms with Gasteiger partial charge in [0.2, 0.25) is 15.9 Å². The van der Waals surface area contributed by atoms with Crippen LogP contribution in [0.5, 0.6) is 0 Å². The van der Waals surface area contributed by atoms with Crippen molar-refractivity contribution >= 4 is 15.9 Å². The van der Waals surface area contributed by atoms with Gasteiger partial charge in [0, 0.05) is 19.6 Å². The summed E-state index contributed by atoms with van der Waals surface area (Å²) < 4.78 is 23.8. The van der Waals surface area contributed by atoms with Crippen molar-refractivity contribution in [2.75, 3.05) is 25.9 Å². The standard InChI is InChI=1S/C9H21N3O3S/c1-4-9(2,7-10)8(13)11-5-6-12-16(3,14)15/h12H,4-7,10H2,1-3H3,(H,11,13). The van der Waals surface area contributed by atoms with Crippen molar-refractivity contribution in [3.8, 4) is 0 Å². The minimum atomic E-state index is -3.19. The van der Waals surface area contributed by atoms with E-state index in [0.717, 1.165) is 6.26 Å². The predicted molar refractivity (Wildman–Crippen MR) is 63.3 cm³/mol. The van der Waals surface area contributed by atoms with Crippen LogP contribution in [0.4, 0.5) is 0 Å². The molecule has 1 amide bonds. The zero-order chi connectivity index (χ0) is 12.8. The Kier molecular flexibility index (Phi) is 5.91. The molecule has 0 aliphatic carbocycles. The molecule has 0 aliphatic heterocycles. The summed E-state index contributed by atoms with van der Waals surface area (Å²) in [5.74, 6) is -0.146. The molecule has 0 saturated heterocycles. The lowest BCUT2D eigenvalue weighted by molar-refractivity contribution is -0.129. The fourth-order valence-corrected chi connectivity index (χ4v) is 1.50. The lowest BCUT2D eigenvalue weighted by atomic mass is 9.87. The fourth-order valence-electron chi connectivity index (χ4n) is 1.02. The van der Waals surface area contributed by atoms with E-state index in [4.69, 9.17) is 5.73 Å². The van der Waals surface area contributed by atoms with Gasteiger partial charge < -0.3 is 11.1 Å². The first-order chi connectivity index (χ1) is 7.25. The summed E-state index contributed by atoms with van der Waals surface area (Å²) in [5, 5.41) is 2.65. The molecule has 6 nitrogen and oxygen atoms in total. The third-order valence-corrected chi connectivity index (χ3v) is 3.28. The molecule has 0 aromatic rings. The minimum absolute atomic E-state index is 0.146. The maximum Gasteiger partial charge on any atom is 0.227 e. The third-order valence-electron chi connectivity index (χ3n) is 2.55. The van der Waals surface area contributed by atoms with Crippen LogP contribution in [0.2, 0.25) is 0 Å². The van der Waals surface area contributed by atoms with Gasteiger partial charge in [-0.3, -0.25) is 4.79 Å². The van der Waals surface area contributed by atoms with Crippen LogP contribution in [-0.2, 0) is 14.8 Å². The quantitative estimate of drug-likeness (QED) is 0.506. The van der Waals surface area contributed by atoms with Crippen LogP contribution < -0.4 is 15.8 Å². The topological polar surface area (TPSA) is 101 Å². The van der Waals surface area contributed by atoms with Crippen LogP contribution in [0, 0.1) is 5.41 Å². The molecule has 0 fully saturated rings. The largest absolute Gasteiger partial charge is 0.354 e. The SMILES string of the molecule is CCC(C)(CN)C(=O)NCCNS(C)(=O)=O. The van der Waals surface area contributed by atoms with E-state index in [1.807, 2.05) is 6.92 Å². The van der Waals surface area contributed by atoms with Crippen molar-refractivity contribution in [3.63, 3.8) is 0 Å². The lowest BCUT2D eigenvalue weighted by Gasteiger charge is -2.24. The van der Waals surface area contributed by atoms with E-state index in [-0.39, 0.29) is 25.5 Å². The van der Waals surface area contributed by atoms with Crippen molar-refractivity contribution in [2.24, 2.45) is 11.1 Å². The van der Waals surface area contributed by atoms with Crippen LogP contribution in [0.3, 0.4) is 0 Å². The summed E-state index contributed by atoms with van der Waals surface area (Å²) in [4.78, 5) is 11.7. The minimum Gasteiger partial charge on any atom is -0.354 e. The highest BCUT2D eigenvalue weighted by atomic mass is 32.2. The van der Waals surface area contributed by atoms with Crippen molar-refractivity contribution in [1.82, 2.24) is 10.0 Å². The smallest absolute Gasteiger partial charge is 0.227 e. The summed E-state index contributed by atoms with van der Waals surface area (Å²) in [6.07, 6.45) is 1.72. The van der Waals surface area contributed by atoms with E-state index >= 15 is 0 Å². The molecule has 0 aliphatic rings. The van der Waals surface area contributed by atoms with Crippen LogP contribution in [-0.4, -0.2) is 40.2 Å². The first-order valence-corrected chi connectivity index (χ1v) is 7.07. The highest BCUT2D eigenvalue weighted by Gasteiger charge is 2.28. The summed E-state index contributed by atoms with van der Waals surface area (Å²) in [5.41, 5.74) is 4.94. The molecule has 0 bridgehead atoms. The number of hydrogen-bond donors (Lipinski definition) is 3. The van der Waals surface area contributed by atoms with Gasteiger partial charge in [-0.2, -0.15) is 0 Å². The van der Waals surface area contributed by atoms with Gasteiger partial charge >= 0.3 is 0 Å². The Labute approximate surface area is 97.0 Å². The molecular formula is C9H21N3O3S. The summed E-state index contributed by atoms with van der Waals surface area (Å²) in [6.45, 7) is 4.40. The van der Waals surface area contributed by atoms with Crippen molar-refractivity contribution < 1.29 is 13.2 Å². The highest BCUT2D eigenvalue weighted by molar-refractivity contribution is 7.88. The predicted octanol–water partition coefficient (Wildman–Crippen LogP) is -0.973. The molecule has 7 heteroatoms. The molecule has 1 atom stereocenters. The molecule has 0 aromatic heterocycles. The van der Waals surface area contributed by atoms with E-state index < -0.39 is 15.4 Å². The summed E-state index contributed by atoms with van der Waals surface area (Å²) in [6, 6.07) is 0. The molecule has 1 unspecified atom stereocenters. The van der Waals surface area contributed by atoms with Gasteiger partial charge in [-0.05, 0) is 13.3 Å². The molecular weight excluding hydrogens is 230 g/mol. The number of carbonyl (C=O) groups is 1. The van der Waals surface area contributed by atoms with E-state index in [1.54, 1.807) is 6.92 Å². The number of sulfonamides is 1. The summed E-state index contributed by atoms with van der Waals surface area (Å²) in [7, 11) is -3.19. The number of nitrogens with one attached hydrogen (secondary N) is 2. The Morgan fingerprint density at radius 2 is 1.94 bits per heavy atom. The Balaban J connectivity index is 3.99. The van der Waals surface area contributed by atoms with Crippen LogP contribution >= 0.6 is 0 Å². The van der Waals surface area contributed by atoms with Gasteiger partial charge in [-0.15, -0.1) is 0 Å². The molecule has 0 radical (unpaired) electrons. The monoisotopic (exact) mass is 251 g/mol. The molecule has 16 heavy (non-hydrogen) atoms. The molecule has 0 rings (SSSR count). The number of hydrogen-bond acceptors (Lipinski definition) is 4. The molecule has 0 heterocycles. The second-order valence-electron chi connectivity index (χ2n) is 4.04. The van der Waals surface area contributed by atoms with Crippen LogP contribution in [0.1, 0.15) is 20.3 Å². The van der Waals surface area contributed by atoms with E-state index in [0.29, 0.717) is 6.42 Å². The Bertz CT molecular complexity index is 323. The maximum atomic E-state index is 11.7. The second-order valence-corrected chi connectivity index (χ2v) is 5.87. The highest BCUT2D eigenvalue weighted by Crippen LogP contribution is 2.18. The number of amides is 1. The van der Waals surface area contributed by atoms with Crippen molar-refractivity contribution in [1.29, 1.82) is 0 Å². The third kappa shape index (κ3) is 5.43. The molecule has 0 aromatic carbocycles. The van der Waals surface area contributed by atoms with E-state index in [2.05, 4.69) is 10.0 Å². The molecule has 0 saturated carbocycles. The maximum absolute atomic E-state index is 11.7. The van der Waals surface area contributed by atoms with Gasteiger partial charge in [0.25, 0.3) is 0 Å². The van der Waals surface area contributed by atoms with Crippen molar-refractivity contribution in [3.05, 3.63) is 0 Å². The normalized spacial score (nSPS) is 15.5. The Morgan fingerprint density at radius 3 is 2.31 bits per heavy atom. The van der Waals surface area contributed by atoms with Gasteiger partial charge in [-0.1, -0.05) is 6.92 Å². The van der Waals surface area contributed by atoms with Gasteiger partial charge in [0.1, 0.15) is 0 Å². The number of nitrogens with two attached hydrogens (primary N) is 1. The zero-order valence-electron chi connectivity index (χ0n) is 10.0.